The molecule has 0 saturated heterocycles. The molecule has 0 fully saturated rings. The number of ether oxygens (including phenoxy) is 2. The van der Waals surface area contributed by atoms with E-state index in [2.05, 4.69) is 21.5 Å². The van der Waals surface area contributed by atoms with Gasteiger partial charge in [0, 0.05) is 4.90 Å². The van der Waals surface area contributed by atoms with Crippen LogP contribution in [0.3, 0.4) is 0 Å². The minimum absolute atomic E-state index is 0.117. The minimum atomic E-state index is -0.589. The lowest BCUT2D eigenvalue weighted by Crippen LogP contribution is -2.32. The molecule has 0 aliphatic rings. The van der Waals surface area contributed by atoms with Gasteiger partial charge in [-0.25, -0.2) is 9.69 Å². The highest BCUT2D eigenvalue weighted by Gasteiger charge is 2.20. The molecule has 7 nitrogen and oxygen atoms in total. The Morgan fingerprint density at radius 1 is 1.26 bits per heavy atom. The van der Waals surface area contributed by atoms with Crippen molar-refractivity contribution in [3.8, 4) is 6.01 Å². The number of rotatable bonds is 6. The lowest BCUT2D eigenvalue weighted by atomic mass is 10.4. The van der Waals surface area contributed by atoms with Crippen LogP contribution in [0.4, 0.5) is 10.7 Å². The van der Waals surface area contributed by atoms with Gasteiger partial charge in [-0.1, -0.05) is 24.3 Å². The van der Waals surface area contributed by atoms with E-state index in [0.29, 0.717) is 5.16 Å². The van der Waals surface area contributed by atoms with Crippen LogP contribution in [0.2, 0.25) is 0 Å². The molecule has 120 valence electrons. The van der Waals surface area contributed by atoms with Gasteiger partial charge in [0.1, 0.15) is 0 Å². The average molecular weight is 332 g/mol. The van der Waals surface area contributed by atoms with Gasteiger partial charge in [0.2, 0.25) is 11.1 Å². The standard InChI is InChI=1S/C15H16N4O3S/c1-4-10-19(15(20)22-3)12-16-13(21-2)18-14(17-12)23-11-8-6-5-7-9-11/h4-9H,1,10H2,2-3H3. The molecule has 1 aromatic heterocycles. The van der Waals surface area contributed by atoms with Crippen LogP contribution in [0.5, 0.6) is 6.01 Å². The molecule has 0 aliphatic carbocycles. The van der Waals surface area contributed by atoms with Crippen LogP contribution in [0.15, 0.2) is 53.0 Å². The molecule has 8 heteroatoms. The van der Waals surface area contributed by atoms with Crippen LogP contribution in [0, 0.1) is 0 Å². The third-order valence-corrected chi connectivity index (χ3v) is 3.54. The van der Waals surface area contributed by atoms with Crippen molar-refractivity contribution >= 4 is 23.8 Å². The molecule has 1 heterocycles. The number of nitrogens with zero attached hydrogens (tertiary/aromatic N) is 4. The normalized spacial score (nSPS) is 10.0. The third kappa shape index (κ3) is 4.43. The van der Waals surface area contributed by atoms with E-state index in [1.807, 2.05) is 30.3 Å². The number of aromatic nitrogens is 3. The summed E-state index contributed by atoms with van der Waals surface area (Å²) in [5.41, 5.74) is 0. The second-order valence-electron chi connectivity index (χ2n) is 4.19. The van der Waals surface area contributed by atoms with Crippen LogP contribution in [-0.4, -0.2) is 41.8 Å². The Labute approximate surface area is 138 Å². The number of hydrogen-bond acceptors (Lipinski definition) is 7. The lowest BCUT2D eigenvalue weighted by molar-refractivity contribution is 0.179. The van der Waals surface area contributed by atoms with Crippen LogP contribution >= 0.6 is 11.8 Å². The van der Waals surface area contributed by atoms with Gasteiger partial charge >= 0.3 is 12.1 Å². The van der Waals surface area contributed by atoms with Gasteiger partial charge in [-0.2, -0.15) is 15.0 Å². The summed E-state index contributed by atoms with van der Waals surface area (Å²) in [7, 11) is 2.74. The van der Waals surface area contributed by atoms with Crippen molar-refractivity contribution in [3.05, 3.63) is 43.0 Å². The molecule has 0 saturated carbocycles. The van der Waals surface area contributed by atoms with E-state index < -0.39 is 6.09 Å². The van der Waals surface area contributed by atoms with Crippen molar-refractivity contribution in [1.29, 1.82) is 0 Å². The summed E-state index contributed by atoms with van der Waals surface area (Å²) in [5.74, 6) is 0.141. The summed E-state index contributed by atoms with van der Waals surface area (Å²) < 4.78 is 9.84. The molecule has 2 aromatic rings. The van der Waals surface area contributed by atoms with Crippen molar-refractivity contribution in [2.24, 2.45) is 0 Å². The zero-order chi connectivity index (χ0) is 16.7. The van der Waals surface area contributed by atoms with Crippen LogP contribution in [0.25, 0.3) is 0 Å². The highest BCUT2D eigenvalue weighted by Crippen LogP contribution is 2.26. The minimum Gasteiger partial charge on any atom is -0.467 e. The predicted octanol–water partition coefficient (Wildman–Crippen LogP) is 2.79. The fourth-order valence-corrected chi connectivity index (χ4v) is 2.41. The van der Waals surface area contributed by atoms with E-state index in [1.165, 1.54) is 30.9 Å². The van der Waals surface area contributed by atoms with E-state index >= 15 is 0 Å². The maximum atomic E-state index is 11.9. The summed E-state index contributed by atoms with van der Waals surface area (Å²) in [6.45, 7) is 3.82. The molecular weight excluding hydrogens is 316 g/mol. The van der Waals surface area contributed by atoms with E-state index in [4.69, 9.17) is 9.47 Å². The van der Waals surface area contributed by atoms with Crippen LogP contribution < -0.4 is 9.64 Å². The first-order chi connectivity index (χ1) is 11.2. The van der Waals surface area contributed by atoms with Gasteiger partial charge < -0.3 is 9.47 Å². The Balaban J connectivity index is 2.37. The zero-order valence-electron chi connectivity index (χ0n) is 12.8. The number of amides is 1. The summed E-state index contributed by atoms with van der Waals surface area (Å²) in [4.78, 5) is 26.7. The van der Waals surface area contributed by atoms with Crippen molar-refractivity contribution in [2.45, 2.75) is 10.1 Å². The monoisotopic (exact) mass is 332 g/mol. The maximum Gasteiger partial charge on any atom is 0.416 e. The number of carbonyl (C=O) groups is 1. The van der Waals surface area contributed by atoms with Gasteiger partial charge in [-0.3, -0.25) is 0 Å². The molecule has 1 amide bonds. The van der Waals surface area contributed by atoms with Crippen molar-refractivity contribution in [2.75, 3.05) is 25.7 Å². The number of methoxy groups -OCH3 is 2. The van der Waals surface area contributed by atoms with Crippen LogP contribution in [0.1, 0.15) is 0 Å². The van der Waals surface area contributed by atoms with E-state index in [-0.39, 0.29) is 18.5 Å². The average Bonchev–Trinajstić information content (AvgIpc) is 2.59. The van der Waals surface area contributed by atoms with Gasteiger partial charge in [-0.05, 0) is 23.9 Å². The first-order valence-electron chi connectivity index (χ1n) is 6.67. The SMILES string of the molecule is C=CCN(C(=O)OC)c1nc(OC)nc(Sc2ccccc2)n1. The molecule has 0 bridgehead atoms. The Morgan fingerprint density at radius 3 is 2.61 bits per heavy atom. The maximum absolute atomic E-state index is 11.9. The molecule has 2 rings (SSSR count). The van der Waals surface area contributed by atoms with Crippen LogP contribution in [-0.2, 0) is 4.74 Å². The molecule has 0 N–H and O–H groups in total. The first-order valence-corrected chi connectivity index (χ1v) is 7.49. The largest absolute Gasteiger partial charge is 0.467 e. The highest BCUT2D eigenvalue weighted by atomic mass is 32.2. The lowest BCUT2D eigenvalue weighted by Gasteiger charge is -2.17. The molecule has 0 aliphatic heterocycles. The van der Waals surface area contributed by atoms with Crippen molar-refractivity contribution in [1.82, 2.24) is 15.0 Å². The second-order valence-corrected chi connectivity index (χ2v) is 5.23. The topological polar surface area (TPSA) is 77.4 Å². The molecule has 0 unspecified atom stereocenters. The van der Waals surface area contributed by atoms with Gasteiger partial charge in [0.25, 0.3) is 0 Å². The van der Waals surface area contributed by atoms with Gasteiger partial charge in [0.05, 0.1) is 20.8 Å². The summed E-state index contributed by atoms with van der Waals surface area (Å²) in [6.07, 6.45) is 0.964. The molecular formula is C15H16N4O3S. The summed E-state index contributed by atoms with van der Waals surface area (Å²) in [5, 5.41) is 0.413. The highest BCUT2D eigenvalue weighted by molar-refractivity contribution is 7.99. The quantitative estimate of drug-likeness (QED) is 0.753. The van der Waals surface area contributed by atoms with E-state index in [9.17, 15) is 4.79 Å². The van der Waals surface area contributed by atoms with Gasteiger partial charge in [-0.15, -0.1) is 6.58 Å². The number of benzene rings is 1. The first kappa shape index (κ1) is 16.8. The van der Waals surface area contributed by atoms with E-state index in [1.54, 1.807) is 6.08 Å². The van der Waals surface area contributed by atoms with Crippen molar-refractivity contribution in [3.63, 3.8) is 0 Å². The Kier molecular flexibility index (Phi) is 5.93. The molecule has 0 spiro atoms. The molecule has 0 radical (unpaired) electrons. The smallest absolute Gasteiger partial charge is 0.416 e. The number of carbonyl (C=O) groups excluding carboxylic acids is 1. The fourth-order valence-electron chi connectivity index (χ4n) is 1.66. The molecule has 0 atom stereocenters. The Hall–Kier alpha value is -2.61. The summed E-state index contributed by atoms with van der Waals surface area (Å²) >= 11 is 1.34. The van der Waals surface area contributed by atoms with Gasteiger partial charge in [0.15, 0.2) is 0 Å². The summed E-state index contributed by atoms with van der Waals surface area (Å²) in [6, 6.07) is 9.74. The number of anilines is 1. The predicted molar refractivity (Wildman–Crippen MR) is 86.9 cm³/mol. The fraction of sp³-hybridized carbons (Fsp3) is 0.200. The Morgan fingerprint density at radius 2 is 2.00 bits per heavy atom. The number of hydrogen-bond donors (Lipinski definition) is 0. The third-order valence-electron chi connectivity index (χ3n) is 2.67. The Bertz CT molecular complexity index is 682. The van der Waals surface area contributed by atoms with Crippen molar-refractivity contribution < 1.29 is 14.3 Å². The molecule has 23 heavy (non-hydrogen) atoms. The zero-order valence-corrected chi connectivity index (χ0v) is 13.6. The molecule has 1 aromatic carbocycles. The van der Waals surface area contributed by atoms with E-state index in [0.717, 1.165) is 4.90 Å². The second kappa shape index (κ2) is 8.14.